The summed E-state index contributed by atoms with van der Waals surface area (Å²) in [6.07, 6.45) is 3.82. The van der Waals surface area contributed by atoms with Gasteiger partial charge in [-0.15, -0.1) is 11.3 Å². The Morgan fingerprint density at radius 1 is 1.03 bits per heavy atom. The lowest BCUT2D eigenvalue weighted by molar-refractivity contribution is -0.116. The summed E-state index contributed by atoms with van der Waals surface area (Å²) in [5.74, 6) is -0.168. The van der Waals surface area contributed by atoms with Gasteiger partial charge in [-0.1, -0.05) is 6.07 Å². The zero-order valence-corrected chi connectivity index (χ0v) is 21.3. The number of hydrogen-bond donors (Lipinski definition) is 1. The molecule has 0 aliphatic rings. The van der Waals surface area contributed by atoms with E-state index in [2.05, 4.69) is 44.0 Å². The van der Waals surface area contributed by atoms with Crippen molar-refractivity contribution in [1.82, 2.24) is 34.3 Å². The molecule has 5 heterocycles. The van der Waals surface area contributed by atoms with Gasteiger partial charge in [-0.2, -0.15) is 15.3 Å². The van der Waals surface area contributed by atoms with E-state index in [4.69, 9.17) is 0 Å². The molecule has 180 valence electrons. The minimum Gasteiger partial charge on any atom is -0.321 e. The first-order valence-corrected chi connectivity index (χ1v) is 12.5. The smallest absolute Gasteiger partial charge is 0.246 e. The van der Waals surface area contributed by atoms with Crippen LogP contribution in [-0.4, -0.2) is 40.2 Å². The number of rotatable bonds is 7. The summed E-state index contributed by atoms with van der Waals surface area (Å²) in [5, 5.41) is 19.9. The van der Waals surface area contributed by atoms with E-state index < -0.39 is 0 Å². The van der Waals surface area contributed by atoms with Crippen LogP contribution in [0.2, 0.25) is 0 Å². The van der Waals surface area contributed by atoms with Crippen molar-refractivity contribution in [2.24, 2.45) is 0 Å². The lowest BCUT2D eigenvalue weighted by Gasteiger charge is -2.08. The number of aryl methyl sites for hydroxylation is 4. The molecule has 5 aromatic heterocycles. The van der Waals surface area contributed by atoms with Crippen molar-refractivity contribution in [3.8, 4) is 10.4 Å². The lowest BCUT2D eigenvalue weighted by atomic mass is 10.1. The van der Waals surface area contributed by atoms with Gasteiger partial charge in [-0.05, 0) is 52.1 Å². The topological polar surface area (TPSA) is 95.5 Å². The maximum absolute atomic E-state index is 13.1. The molecule has 0 aromatic carbocycles. The number of thiophene rings is 1. The summed E-state index contributed by atoms with van der Waals surface area (Å²) in [4.78, 5) is 18.8. The van der Waals surface area contributed by atoms with Gasteiger partial charge in [0.1, 0.15) is 6.54 Å². The number of anilines is 1. The number of fused-ring (bicyclic) bond motifs is 1. The Bertz CT molecular complexity index is 1520. The molecule has 0 aliphatic carbocycles. The van der Waals surface area contributed by atoms with Crippen LogP contribution >= 0.6 is 11.3 Å². The normalized spacial score (nSPS) is 11.5. The van der Waals surface area contributed by atoms with Crippen molar-refractivity contribution in [3.63, 3.8) is 0 Å². The molecule has 0 saturated carbocycles. The predicted octanol–water partition coefficient (Wildman–Crippen LogP) is 4.49. The Morgan fingerprint density at radius 2 is 1.83 bits per heavy atom. The SMILES string of the molecule is CCn1cc(Cn2nc(C)c(NC(=O)Cn3nc(C)c4c(-c5cccs5)ccnc43)c2C)c(C)n1. The molecule has 0 aliphatic heterocycles. The van der Waals surface area contributed by atoms with Crippen molar-refractivity contribution in [2.45, 2.75) is 54.3 Å². The Labute approximate surface area is 207 Å². The molecule has 0 radical (unpaired) electrons. The van der Waals surface area contributed by atoms with Crippen LogP contribution in [0.3, 0.4) is 0 Å². The van der Waals surface area contributed by atoms with Crippen LogP contribution in [0.1, 0.15) is 35.3 Å². The minimum absolute atomic E-state index is 0.0671. The largest absolute Gasteiger partial charge is 0.321 e. The van der Waals surface area contributed by atoms with Gasteiger partial charge in [-0.3, -0.25) is 14.2 Å². The fourth-order valence-electron chi connectivity index (χ4n) is 4.41. The standard InChI is InChI=1S/C25H28N8OS/c1-6-31-12-19(15(2)28-31)13-32-18(5)24(17(4)30-32)27-22(34)14-33-25-23(16(3)29-33)20(9-10-26-25)21-8-7-11-35-21/h7-12H,6,13-14H2,1-5H3,(H,27,34). The second kappa shape index (κ2) is 9.10. The highest BCUT2D eigenvalue weighted by Crippen LogP contribution is 2.32. The van der Waals surface area contributed by atoms with E-state index >= 15 is 0 Å². The third-order valence-electron chi connectivity index (χ3n) is 6.23. The van der Waals surface area contributed by atoms with Crippen LogP contribution in [0.15, 0.2) is 36.0 Å². The van der Waals surface area contributed by atoms with Gasteiger partial charge in [0, 0.05) is 34.9 Å². The Balaban J connectivity index is 1.37. The molecular formula is C25H28N8OS. The molecule has 10 heteroatoms. The van der Waals surface area contributed by atoms with Crippen LogP contribution in [0.25, 0.3) is 21.5 Å². The van der Waals surface area contributed by atoms with E-state index in [0.717, 1.165) is 56.4 Å². The van der Waals surface area contributed by atoms with Gasteiger partial charge >= 0.3 is 0 Å². The molecule has 0 spiro atoms. The second-order valence-corrected chi connectivity index (χ2v) is 9.57. The highest BCUT2D eigenvalue weighted by molar-refractivity contribution is 7.13. The predicted molar refractivity (Wildman–Crippen MR) is 138 cm³/mol. The van der Waals surface area contributed by atoms with E-state index in [1.807, 2.05) is 55.4 Å². The molecule has 0 fully saturated rings. The van der Waals surface area contributed by atoms with Crippen molar-refractivity contribution >= 4 is 34.0 Å². The number of amides is 1. The molecule has 1 N–H and O–H groups in total. The third-order valence-corrected chi connectivity index (χ3v) is 7.13. The molecule has 35 heavy (non-hydrogen) atoms. The first kappa shape index (κ1) is 23.0. The molecule has 1 amide bonds. The van der Waals surface area contributed by atoms with Gasteiger partial charge in [0.2, 0.25) is 5.91 Å². The van der Waals surface area contributed by atoms with Crippen LogP contribution in [0.4, 0.5) is 5.69 Å². The lowest BCUT2D eigenvalue weighted by Crippen LogP contribution is -2.20. The van der Waals surface area contributed by atoms with Crippen LogP contribution in [0, 0.1) is 27.7 Å². The molecule has 5 aromatic rings. The van der Waals surface area contributed by atoms with E-state index in [9.17, 15) is 4.79 Å². The van der Waals surface area contributed by atoms with Crippen molar-refractivity contribution in [2.75, 3.05) is 5.32 Å². The summed E-state index contributed by atoms with van der Waals surface area (Å²) >= 11 is 1.68. The molecule has 0 atom stereocenters. The molecule has 5 rings (SSSR count). The van der Waals surface area contributed by atoms with Crippen molar-refractivity contribution in [3.05, 3.63) is 64.3 Å². The Kier molecular flexibility index (Phi) is 5.98. The van der Waals surface area contributed by atoms with Gasteiger partial charge in [0.05, 0.1) is 40.4 Å². The highest BCUT2D eigenvalue weighted by Gasteiger charge is 2.19. The fraction of sp³-hybridized carbons (Fsp3) is 0.320. The highest BCUT2D eigenvalue weighted by atomic mass is 32.1. The second-order valence-electron chi connectivity index (χ2n) is 8.62. The number of nitrogens with zero attached hydrogens (tertiary/aromatic N) is 7. The van der Waals surface area contributed by atoms with Gasteiger partial charge < -0.3 is 5.32 Å². The number of hydrogen-bond acceptors (Lipinski definition) is 6. The van der Waals surface area contributed by atoms with Crippen LogP contribution in [0.5, 0.6) is 0 Å². The average molecular weight is 489 g/mol. The summed E-state index contributed by atoms with van der Waals surface area (Å²) in [5.41, 5.74) is 7.15. The number of aromatic nitrogens is 7. The average Bonchev–Trinajstić information content (AvgIpc) is 3.60. The number of carbonyl (C=O) groups is 1. The molecule has 0 saturated heterocycles. The van der Waals surface area contributed by atoms with Gasteiger partial charge in [-0.25, -0.2) is 9.67 Å². The van der Waals surface area contributed by atoms with Crippen LogP contribution < -0.4 is 5.32 Å². The minimum atomic E-state index is -0.168. The van der Waals surface area contributed by atoms with Gasteiger partial charge in [0.25, 0.3) is 0 Å². The van der Waals surface area contributed by atoms with E-state index in [0.29, 0.717) is 12.2 Å². The Morgan fingerprint density at radius 3 is 2.54 bits per heavy atom. The summed E-state index contributed by atoms with van der Waals surface area (Å²) in [7, 11) is 0. The Hall–Kier alpha value is -3.79. The number of nitrogens with one attached hydrogen (secondary N) is 1. The van der Waals surface area contributed by atoms with E-state index in [1.165, 1.54) is 0 Å². The molecule has 9 nitrogen and oxygen atoms in total. The summed E-state index contributed by atoms with van der Waals surface area (Å²) in [6, 6.07) is 6.11. The quantitative estimate of drug-likeness (QED) is 0.364. The maximum Gasteiger partial charge on any atom is 0.246 e. The first-order valence-electron chi connectivity index (χ1n) is 11.6. The summed E-state index contributed by atoms with van der Waals surface area (Å²) in [6.45, 7) is 11.4. The van der Waals surface area contributed by atoms with E-state index in [-0.39, 0.29) is 12.5 Å². The molecular weight excluding hydrogens is 460 g/mol. The summed E-state index contributed by atoms with van der Waals surface area (Å²) < 4.78 is 5.51. The van der Waals surface area contributed by atoms with Crippen LogP contribution in [-0.2, 0) is 24.4 Å². The fourth-order valence-corrected chi connectivity index (χ4v) is 5.17. The zero-order valence-electron chi connectivity index (χ0n) is 20.5. The van der Waals surface area contributed by atoms with Crippen molar-refractivity contribution < 1.29 is 4.79 Å². The first-order chi connectivity index (χ1) is 16.9. The monoisotopic (exact) mass is 488 g/mol. The maximum atomic E-state index is 13.1. The van der Waals surface area contributed by atoms with Crippen molar-refractivity contribution in [1.29, 1.82) is 0 Å². The molecule has 0 unspecified atom stereocenters. The molecule has 0 bridgehead atoms. The number of carbonyl (C=O) groups excluding carboxylic acids is 1. The number of pyridine rings is 1. The van der Waals surface area contributed by atoms with Gasteiger partial charge in [0.15, 0.2) is 5.65 Å². The van der Waals surface area contributed by atoms with E-state index in [1.54, 1.807) is 22.2 Å². The third kappa shape index (κ3) is 4.25. The zero-order chi connectivity index (χ0) is 24.7.